The highest BCUT2D eigenvalue weighted by Gasteiger charge is 2.27. The number of carbonyl (C=O) groups is 1. The molecule has 1 fully saturated rings. The molecule has 1 aromatic carbocycles. The summed E-state index contributed by atoms with van der Waals surface area (Å²) in [6.07, 6.45) is 5.64. The molecule has 3 rings (SSSR count). The van der Waals surface area contributed by atoms with Crippen molar-refractivity contribution in [1.82, 2.24) is 14.5 Å². The maximum atomic E-state index is 13.1. The van der Waals surface area contributed by atoms with Gasteiger partial charge in [-0.2, -0.15) is 0 Å². The summed E-state index contributed by atoms with van der Waals surface area (Å²) in [4.78, 5) is 18.6. The van der Waals surface area contributed by atoms with Crippen LogP contribution in [-0.4, -0.2) is 40.1 Å². The van der Waals surface area contributed by atoms with Crippen LogP contribution < -0.4 is 4.74 Å². The molecule has 1 amide bonds. The van der Waals surface area contributed by atoms with E-state index in [-0.39, 0.29) is 23.5 Å². The molecule has 24 heavy (non-hydrogen) atoms. The van der Waals surface area contributed by atoms with E-state index in [1.807, 2.05) is 17.8 Å². The summed E-state index contributed by atoms with van der Waals surface area (Å²) in [5.74, 6) is 1.02. The molecule has 2 aromatic rings. The summed E-state index contributed by atoms with van der Waals surface area (Å²) in [5, 5.41) is -0.0206. The molecule has 1 atom stereocenters. The van der Waals surface area contributed by atoms with Gasteiger partial charge in [-0.3, -0.25) is 4.79 Å². The van der Waals surface area contributed by atoms with Gasteiger partial charge in [-0.25, -0.2) is 9.37 Å². The monoisotopic (exact) mass is 351 g/mol. The van der Waals surface area contributed by atoms with Gasteiger partial charge in [-0.05, 0) is 25.0 Å². The first-order chi connectivity index (χ1) is 11.5. The average Bonchev–Trinajstić information content (AvgIpc) is 3.02. The van der Waals surface area contributed by atoms with Crippen molar-refractivity contribution in [2.45, 2.75) is 18.8 Å². The molecule has 1 aliphatic heterocycles. The first-order valence-electron chi connectivity index (χ1n) is 7.87. The molecule has 1 saturated heterocycles. The highest BCUT2D eigenvalue weighted by molar-refractivity contribution is 6.30. The molecule has 5 nitrogen and oxygen atoms in total. The fraction of sp³-hybridized carbons (Fsp3) is 0.412. The minimum Gasteiger partial charge on any atom is -0.484 e. The zero-order valence-electron chi connectivity index (χ0n) is 13.4. The summed E-state index contributed by atoms with van der Waals surface area (Å²) in [5.41, 5.74) is 0. The molecule has 0 unspecified atom stereocenters. The Kier molecular flexibility index (Phi) is 5.04. The van der Waals surface area contributed by atoms with Crippen LogP contribution in [0.15, 0.2) is 30.6 Å². The van der Waals surface area contributed by atoms with Crippen LogP contribution in [0.1, 0.15) is 24.6 Å². The summed E-state index contributed by atoms with van der Waals surface area (Å²) < 4.78 is 20.6. The molecule has 128 valence electrons. The Balaban J connectivity index is 1.58. The van der Waals surface area contributed by atoms with Gasteiger partial charge >= 0.3 is 0 Å². The first-order valence-corrected chi connectivity index (χ1v) is 8.25. The van der Waals surface area contributed by atoms with Crippen molar-refractivity contribution >= 4 is 17.5 Å². The Morgan fingerprint density at radius 3 is 3.04 bits per heavy atom. The van der Waals surface area contributed by atoms with Crippen molar-refractivity contribution in [3.8, 4) is 5.75 Å². The van der Waals surface area contributed by atoms with Gasteiger partial charge in [0, 0.05) is 44.5 Å². The van der Waals surface area contributed by atoms with Gasteiger partial charge in [-0.1, -0.05) is 11.6 Å². The minimum absolute atomic E-state index is 0.0206. The Labute approximate surface area is 145 Å². The molecular weight excluding hydrogens is 333 g/mol. The highest BCUT2D eigenvalue weighted by Crippen LogP contribution is 2.26. The molecule has 0 N–H and O–H groups in total. The second-order valence-electron chi connectivity index (χ2n) is 5.94. The lowest BCUT2D eigenvalue weighted by atomic mass is 9.97. The fourth-order valence-corrected chi connectivity index (χ4v) is 3.16. The van der Waals surface area contributed by atoms with Crippen LogP contribution in [0.5, 0.6) is 5.75 Å². The number of halogens is 2. The molecular formula is C17H19ClFN3O2. The van der Waals surface area contributed by atoms with E-state index in [9.17, 15) is 9.18 Å². The lowest BCUT2D eigenvalue weighted by Crippen LogP contribution is -2.42. The Morgan fingerprint density at radius 2 is 2.33 bits per heavy atom. The number of aryl methyl sites for hydroxylation is 1. The molecule has 0 bridgehead atoms. The van der Waals surface area contributed by atoms with E-state index in [2.05, 4.69) is 4.98 Å². The number of hydrogen-bond donors (Lipinski definition) is 0. The summed E-state index contributed by atoms with van der Waals surface area (Å²) in [6, 6.07) is 4.05. The second kappa shape index (κ2) is 7.21. The minimum atomic E-state index is -0.510. The number of piperidine rings is 1. The number of ether oxygens (including phenoxy) is 1. The summed E-state index contributed by atoms with van der Waals surface area (Å²) >= 11 is 5.71. The van der Waals surface area contributed by atoms with Crippen molar-refractivity contribution in [2.24, 2.45) is 7.05 Å². The third-order valence-corrected chi connectivity index (χ3v) is 4.54. The molecule has 0 spiro atoms. The van der Waals surface area contributed by atoms with E-state index in [4.69, 9.17) is 16.3 Å². The topological polar surface area (TPSA) is 47.4 Å². The fourth-order valence-electron chi connectivity index (χ4n) is 2.99. The number of nitrogens with zero attached hydrogens (tertiary/aromatic N) is 3. The number of amides is 1. The third kappa shape index (κ3) is 3.70. The second-order valence-corrected chi connectivity index (χ2v) is 6.35. The van der Waals surface area contributed by atoms with Crippen molar-refractivity contribution in [3.63, 3.8) is 0 Å². The third-order valence-electron chi connectivity index (χ3n) is 4.25. The van der Waals surface area contributed by atoms with E-state index >= 15 is 0 Å². The van der Waals surface area contributed by atoms with Gasteiger partial charge in [0.1, 0.15) is 17.4 Å². The summed E-state index contributed by atoms with van der Waals surface area (Å²) in [7, 11) is 1.96. The standard InChI is InChI=1S/C17H19ClFN3O2/c1-21-8-6-20-17(21)12-3-2-7-22(10-12)16(23)11-24-13-4-5-15(19)14(18)9-13/h4-6,8-9,12H,2-3,7,10-11H2,1H3/t12-/m0/s1. The average molecular weight is 352 g/mol. The van der Waals surface area contributed by atoms with Crippen LogP contribution in [0, 0.1) is 5.82 Å². The first kappa shape index (κ1) is 16.8. The highest BCUT2D eigenvalue weighted by atomic mass is 35.5. The van der Waals surface area contributed by atoms with E-state index in [1.54, 1.807) is 11.1 Å². The molecule has 0 saturated carbocycles. The maximum Gasteiger partial charge on any atom is 0.260 e. The number of hydrogen-bond acceptors (Lipinski definition) is 3. The number of carbonyl (C=O) groups excluding carboxylic acids is 1. The summed E-state index contributed by atoms with van der Waals surface area (Å²) in [6.45, 7) is 1.26. The van der Waals surface area contributed by atoms with Gasteiger partial charge < -0.3 is 14.2 Å². The van der Waals surface area contributed by atoms with E-state index in [0.29, 0.717) is 18.8 Å². The smallest absolute Gasteiger partial charge is 0.260 e. The molecule has 2 heterocycles. The lowest BCUT2D eigenvalue weighted by molar-refractivity contribution is -0.134. The predicted molar refractivity (Wildman–Crippen MR) is 88.7 cm³/mol. The number of rotatable bonds is 4. The molecule has 0 aliphatic carbocycles. The van der Waals surface area contributed by atoms with Crippen LogP contribution in [-0.2, 0) is 11.8 Å². The van der Waals surface area contributed by atoms with Crippen molar-refractivity contribution in [2.75, 3.05) is 19.7 Å². The SMILES string of the molecule is Cn1ccnc1[C@H]1CCCN(C(=O)COc2ccc(F)c(Cl)c2)C1. The molecule has 1 aromatic heterocycles. The van der Waals surface area contributed by atoms with Crippen molar-refractivity contribution in [3.05, 3.63) is 47.3 Å². The molecule has 0 radical (unpaired) electrons. The van der Waals surface area contributed by atoms with Gasteiger partial charge in [0.15, 0.2) is 6.61 Å². The van der Waals surface area contributed by atoms with Gasteiger partial charge in [0.25, 0.3) is 5.91 Å². The van der Waals surface area contributed by atoms with Gasteiger partial charge in [-0.15, -0.1) is 0 Å². The Hall–Kier alpha value is -2.08. The zero-order chi connectivity index (χ0) is 17.1. The van der Waals surface area contributed by atoms with E-state index < -0.39 is 5.82 Å². The normalized spacial score (nSPS) is 17.8. The maximum absolute atomic E-state index is 13.1. The van der Waals surface area contributed by atoms with Crippen LogP contribution >= 0.6 is 11.6 Å². The van der Waals surface area contributed by atoms with E-state index in [0.717, 1.165) is 18.7 Å². The Bertz CT molecular complexity index is 734. The van der Waals surface area contributed by atoms with Crippen LogP contribution in [0.4, 0.5) is 4.39 Å². The zero-order valence-corrected chi connectivity index (χ0v) is 14.2. The molecule has 1 aliphatic rings. The van der Waals surface area contributed by atoms with Crippen LogP contribution in [0.2, 0.25) is 5.02 Å². The Morgan fingerprint density at radius 1 is 1.50 bits per heavy atom. The number of likely N-dealkylation sites (tertiary alicyclic amines) is 1. The molecule has 7 heteroatoms. The predicted octanol–water partition coefficient (Wildman–Crippen LogP) is 3.00. The van der Waals surface area contributed by atoms with E-state index in [1.165, 1.54) is 18.2 Å². The number of aromatic nitrogens is 2. The quantitative estimate of drug-likeness (QED) is 0.850. The number of imidazole rings is 1. The van der Waals surface area contributed by atoms with Gasteiger partial charge in [0.05, 0.1) is 5.02 Å². The number of benzene rings is 1. The lowest BCUT2D eigenvalue weighted by Gasteiger charge is -2.32. The van der Waals surface area contributed by atoms with Gasteiger partial charge in [0.2, 0.25) is 0 Å². The van der Waals surface area contributed by atoms with Crippen molar-refractivity contribution in [1.29, 1.82) is 0 Å². The largest absolute Gasteiger partial charge is 0.484 e. The van der Waals surface area contributed by atoms with Crippen molar-refractivity contribution < 1.29 is 13.9 Å². The van der Waals surface area contributed by atoms with Crippen LogP contribution in [0.25, 0.3) is 0 Å². The van der Waals surface area contributed by atoms with Crippen LogP contribution in [0.3, 0.4) is 0 Å².